The Kier molecular flexibility index (Phi) is 7.69. The van der Waals surface area contributed by atoms with E-state index in [0.29, 0.717) is 5.56 Å². The molecule has 1 atom stereocenters. The smallest absolute Gasteiger partial charge is 0.481 e. The lowest BCUT2D eigenvalue weighted by molar-refractivity contribution is -0.274. The van der Waals surface area contributed by atoms with Crippen molar-refractivity contribution in [2.24, 2.45) is 0 Å². The van der Waals surface area contributed by atoms with E-state index in [-0.39, 0.29) is 19.1 Å². The maximum Gasteiger partial charge on any atom is 0.573 e. The number of halogens is 3. The molecule has 0 spiro atoms. The second kappa shape index (κ2) is 9.26. The minimum atomic E-state index is -4.81. The van der Waals surface area contributed by atoms with Crippen molar-refractivity contribution >= 4 is 11.9 Å². The molecular weight excluding hydrogens is 343 g/mol. The molecule has 2 N–H and O–H groups in total. The Morgan fingerprint density at radius 3 is 2.28 bits per heavy atom. The molecule has 0 saturated heterocycles. The lowest BCUT2D eigenvalue weighted by atomic mass is 10.0. The van der Waals surface area contributed by atoms with Crippen LogP contribution in [0.15, 0.2) is 24.3 Å². The Labute approximate surface area is 142 Å². The van der Waals surface area contributed by atoms with E-state index in [2.05, 4.69) is 10.1 Å². The molecule has 0 heterocycles. The first-order valence-electron chi connectivity index (χ1n) is 7.55. The molecule has 9 heteroatoms. The standard InChI is InChI=1S/C16H20F3NO5/c1-10(2)24-8-7-14(21)20-13(9-15(22)23)11-3-5-12(6-4-11)25-16(17,18)19/h3-6,10,13H,7-9H2,1-2H3,(H,20,21)(H,22,23). The molecule has 25 heavy (non-hydrogen) atoms. The predicted octanol–water partition coefficient (Wildman–Crippen LogP) is 3.03. The fourth-order valence-corrected chi connectivity index (χ4v) is 1.98. The number of rotatable bonds is 9. The third-order valence-corrected chi connectivity index (χ3v) is 3.01. The van der Waals surface area contributed by atoms with Crippen LogP contribution >= 0.6 is 0 Å². The van der Waals surface area contributed by atoms with Crippen molar-refractivity contribution in [3.63, 3.8) is 0 Å². The number of nitrogens with one attached hydrogen (secondary N) is 1. The van der Waals surface area contributed by atoms with E-state index in [4.69, 9.17) is 9.84 Å². The maximum absolute atomic E-state index is 12.2. The number of carbonyl (C=O) groups excluding carboxylic acids is 1. The van der Waals surface area contributed by atoms with Crippen molar-refractivity contribution in [1.82, 2.24) is 5.32 Å². The Hall–Kier alpha value is -2.29. The van der Waals surface area contributed by atoms with Gasteiger partial charge in [-0.15, -0.1) is 13.2 Å². The van der Waals surface area contributed by atoms with Crippen LogP contribution in [0.2, 0.25) is 0 Å². The Morgan fingerprint density at radius 1 is 1.20 bits per heavy atom. The van der Waals surface area contributed by atoms with Gasteiger partial charge in [0.15, 0.2) is 0 Å². The Bertz CT molecular complexity index is 572. The number of carboxylic acid groups (broad SMARTS) is 1. The molecule has 1 unspecified atom stereocenters. The fourth-order valence-electron chi connectivity index (χ4n) is 1.98. The summed E-state index contributed by atoms with van der Waals surface area (Å²) in [7, 11) is 0. The lowest BCUT2D eigenvalue weighted by Gasteiger charge is -2.18. The van der Waals surface area contributed by atoms with E-state index in [1.165, 1.54) is 12.1 Å². The predicted molar refractivity (Wildman–Crippen MR) is 82.0 cm³/mol. The summed E-state index contributed by atoms with van der Waals surface area (Å²) in [5, 5.41) is 11.5. The Morgan fingerprint density at radius 2 is 1.80 bits per heavy atom. The van der Waals surface area contributed by atoms with Gasteiger partial charge in [-0.2, -0.15) is 0 Å². The molecule has 0 fully saturated rings. The molecule has 0 saturated carbocycles. The molecule has 0 radical (unpaired) electrons. The first kappa shape index (κ1) is 20.8. The third kappa shape index (κ3) is 8.94. The van der Waals surface area contributed by atoms with Crippen LogP contribution < -0.4 is 10.1 Å². The quantitative estimate of drug-likeness (QED) is 0.704. The highest BCUT2D eigenvalue weighted by Crippen LogP contribution is 2.25. The molecule has 0 aromatic heterocycles. The van der Waals surface area contributed by atoms with E-state index in [1.54, 1.807) is 0 Å². The molecular formula is C16H20F3NO5. The summed E-state index contributed by atoms with van der Waals surface area (Å²) in [6, 6.07) is 3.81. The summed E-state index contributed by atoms with van der Waals surface area (Å²) in [6.07, 6.45) is -5.21. The summed E-state index contributed by atoms with van der Waals surface area (Å²) >= 11 is 0. The van der Waals surface area contributed by atoms with Gasteiger partial charge in [0.05, 0.1) is 25.2 Å². The van der Waals surface area contributed by atoms with Crippen molar-refractivity contribution in [1.29, 1.82) is 0 Å². The number of aliphatic carboxylic acids is 1. The van der Waals surface area contributed by atoms with E-state index < -0.39 is 36.5 Å². The first-order valence-corrected chi connectivity index (χ1v) is 7.55. The Balaban J connectivity index is 2.74. The topological polar surface area (TPSA) is 84.9 Å². The van der Waals surface area contributed by atoms with Gasteiger partial charge in [0.2, 0.25) is 5.91 Å². The zero-order valence-corrected chi connectivity index (χ0v) is 13.8. The van der Waals surface area contributed by atoms with Gasteiger partial charge in [0, 0.05) is 6.42 Å². The number of ether oxygens (including phenoxy) is 2. The molecule has 6 nitrogen and oxygen atoms in total. The highest BCUT2D eigenvalue weighted by atomic mass is 19.4. The van der Waals surface area contributed by atoms with Gasteiger partial charge in [0.25, 0.3) is 0 Å². The van der Waals surface area contributed by atoms with Crippen LogP contribution in [0.1, 0.15) is 38.3 Å². The van der Waals surface area contributed by atoms with Crippen molar-refractivity contribution in [3.05, 3.63) is 29.8 Å². The summed E-state index contributed by atoms with van der Waals surface area (Å²) in [4.78, 5) is 22.9. The second-order valence-electron chi connectivity index (χ2n) is 5.50. The van der Waals surface area contributed by atoms with Crippen LogP contribution in [-0.2, 0) is 14.3 Å². The molecule has 1 aromatic carbocycles. The van der Waals surface area contributed by atoms with E-state index in [0.717, 1.165) is 12.1 Å². The van der Waals surface area contributed by atoms with Gasteiger partial charge >= 0.3 is 12.3 Å². The fraction of sp³-hybridized carbons (Fsp3) is 0.500. The monoisotopic (exact) mass is 363 g/mol. The molecule has 0 aliphatic rings. The van der Waals surface area contributed by atoms with Crippen molar-refractivity contribution < 1.29 is 37.3 Å². The summed E-state index contributed by atoms with van der Waals surface area (Å²) in [6.45, 7) is 3.81. The van der Waals surface area contributed by atoms with Crippen LogP contribution in [0.25, 0.3) is 0 Å². The third-order valence-electron chi connectivity index (χ3n) is 3.01. The van der Waals surface area contributed by atoms with Crippen LogP contribution in [-0.4, -0.2) is 36.1 Å². The SMILES string of the molecule is CC(C)OCCC(=O)NC(CC(=O)O)c1ccc(OC(F)(F)F)cc1. The molecule has 0 bridgehead atoms. The van der Waals surface area contributed by atoms with Crippen LogP contribution in [0.4, 0.5) is 13.2 Å². The summed E-state index contributed by atoms with van der Waals surface area (Å²) < 4.78 is 45.4. The lowest BCUT2D eigenvalue weighted by Crippen LogP contribution is -2.31. The largest absolute Gasteiger partial charge is 0.573 e. The number of benzene rings is 1. The molecule has 1 aromatic rings. The number of amides is 1. The van der Waals surface area contributed by atoms with Crippen LogP contribution in [0.5, 0.6) is 5.75 Å². The van der Waals surface area contributed by atoms with Crippen molar-refractivity contribution in [2.75, 3.05) is 6.61 Å². The zero-order valence-electron chi connectivity index (χ0n) is 13.8. The van der Waals surface area contributed by atoms with Gasteiger partial charge in [-0.05, 0) is 31.5 Å². The van der Waals surface area contributed by atoms with Gasteiger partial charge in [-0.25, -0.2) is 0 Å². The summed E-state index contributed by atoms with van der Waals surface area (Å²) in [5.41, 5.74) is 0.357. The molecule has 140 valence electrons. The average Bonchev–Trinajstić information content (AvgIpc) is 2.44. The number of carboxylic acids is 1. The maximum atomic E-state index is 12.2. The van der Waals surface area contributed by atoms with E-state index in [1.807, 2.05) is 13.8 Å². The number of hydrogen-bond acceptors (Lipinski definition) is 4. The van der Waals surface area contributed by atoms with Gasteiger partial charge in [-0.1, -0.05) is 12.1 Å². The second-order valence-corrected chi connectivity index (χ2v) is 5.50. The van der Waals surface area contributed by atoms with Gasteiger partial charge in [-0.3, -0.25) is 9.59 Å². The minimum absolute atomic E-state index is 0.0382. The van der Waals surface area contributed by atoms with E-state index in [9.17, 15) is 22.8 Å². The van der Waals surface area contributed by atoms with Crippen LogP contribution in [0.3, 0.4) is 0 Å². The number of carbonyl (C=O) groups is 2. The normalized spacial score (nSPS) is 12.7. The first-order chi connectivity index (χ1) is 11.6. The molecule has 0 aliphatic heterocycles. The highest BCUT2D eigenvalue weighted by molar-refractivity contribution is 5.77. The van der Waals surface area contributed by atoms with Crippen molar-refractivity contribution in [2.45, 2.75) is 45.2 Å². The molecule has 1 rings (SSSR count). The van der Waals surface area contributed by atoms with Gasteiger partial charge < -0.3 is 19.9 Å². The average molecular weight is 363 g/mol. The van der Waals surface area contributed by atoms with Crippen molar-refractivity contribution in [3.8, 4) is 5.75 Å². The summed E-state index contributed by atoms with van der Waals surface area (Å²) in [5.74, 6) is -2.00. The molecule has 0 aliphatic carbocycles. The minimum Gasteiger partial charge on any atom is -0.481 e. The number of alkyl halides is 3. The number of hydrogen-bond donors (Lipinski definition) is 2. The van der Waals surface area contributed by atoms with Crippen LogP contribution in [0, 0.1) is 0 Å². The zero-order chi connectivity index (χ0) is 19.0. The molecule has 1 amide bonds. The highest BCUT2D eigenvalue weighted by Gasteiger charge is 2.31. The van der Waals surface area contributed by atoms with E-state index >= 15 is 0 Å². The van der Waals surface area contributed by atoms with Gasteiger partial charge in [0.1, 0.15) is 5.75 Å².